The van der Waals surface area contributed by atoms with Crippen LogP contribution in [-0.4, -0.2) is 19.1 Å². The van der Waals surface area contributed by atoms with Gasteiger partial charge in [0.15, 0.2) is 0 Å². The lowest BCUT2D eigenvalue weighted by Crippen LogP contribution is -2.36. The van der Waals surface area contributed by atoms with Gasteiger partial charge in [-0.1, -0.05) is 77.7 Å². The minimum atomic E-state index is -1.49. The van der Waals surface area contributed by atoms with Crippen molar-refractivity contribution in [1.29, 1.82) is 0 Å². The second-order valence-corrected chi connectivity index (χ2v) is 16.6. The fourth-order valence-electron chi connectivity index (χ4n) is 4.77. The maximum absolute atomic E-state index is 11.2. The molecule has 0 radical (unpaired) electrons. The van der Waals surface area contributed by atoms with E-state index in [0.29, 0.717) is 11.1 Å². The zero-order valence-electron chi connectivity index (χ0n) is 19.1. The largest absolute Gasteiger partial charge is 0.478 e. The molecule has 1 unspecified atom stereocenters. The van der Waals surface area contributed by atoms with Gasteiger partial charge in [0.2, 0.25) is 0 Å². The van der Waals surface area contributed by atoms with Crippen LogP contribution < -0.4 is 0 Å². The lowest BCUT2D eigenvalue weighted by Gasteiger charge is -2.43. The molecule has 0 bridgehead atoms. The average Bonchev–Trinajstić information content (AvgIpc) is 2.63. The smallest absolute Gasteiger partial charge is 0.335 e. The van der Waals surface area contributed by atoms with Crippen molar-refractivity contribution in [3.63, 3.8) is 0 Å². The standard InChI is InChI=1S/C26H36O2Si/c1-25(2)14-15-26(3,4)22-17-20(12-13-21(22)25)23(29(5,6)7)16-18-8-10-19(11-9-18)24(27)28/h8-13,17,23H,14-16H2,1-7H3,(H,27,28). The highest BCUT2D eigenvalue weighted by Gasteiger charge is 2.38. The van der Waals surface area contributed by atoms with Crippen molar-refractivity contribution >= 4 is 14.0 Å². The van der Waals surface area contributed by atoms with Gasteiger partial charge in [-0.25, -0.2) is 4.79 Å². The molecule has 0 aromatic heterocycles. The van der Waals surface area contributed by atoms with E-state index in [1.807, 2.05) is 12.1 Å². The second-order valence-electron chi connectivity index (χ2n) is 11.2. The van der Waals surface area contributed by atoms with Crippen molar-refractivity contribution in [3.05, 3.63) is 70.3 Å². The maximum Gasteiger partial charge on any atom is 0.335 e. The summed E-state index contributed by atoms with van der Waals surface area (Å²) in [7, 11) is -1.49. The van der Waals surface area contributed by atoms with Crippen LogP contribution in [0.2, 0.25) is 19.6 Å². The maximum atomic E-state index is 11.2. The molecule has 0 spiro atoms. The van der Waals surface area contributed by atoms with Crippen LogP contribution in [-0.2, 0) is 17.3 Å². The highest BCUT2D eigenvalue weighted by Crippen LogP contribution is 2.47. The summed E-state index contributed by atoms with van der Waals surface area (Å²) in [5.41, 5.74) is 7.03. The first-order chi connectivity index (χ1) is 13.3. The van der Waals surface area contributed by atoms with Crippen molar-refractivity contribution in [2.45, 2.75) is 83.0 Å². The van der Waals surface area contributed by atoms with E-state index in [2.05, 4.69) is 65.5 Å². The number of hydrogen-bond acceptors (Lipinski definition) is 1. The Balaban J connectivity index is 2.01. The summed E-state index contributed by atoms with van der Waals surface area (Å²) in [4.78, 5) is 11.2. The highest BCUT2D eigenvalue weighted by atomic mass is 28.3. The van der Waals surface area contributed by atoms with Gasteiger partial charge in [0.1, 0.15) is 0 Å². The molecule has 0 fully saturated rings. The molecule has 2 aromatic carbocycles. The monoisotopic (exact) mass is 408 g/mol. The molecule has 0 aliphatic heterocycles. The van der Waals surface area contributed by atoms with Gasteiger partial charge in [0.05, 0.1) is 13.6 Å². The van der Waals surface area contributed by atoms with Crippen LogP contribution in [0.15, 0.2) is 42.5 Å². The summed E-state index contributed by atoms with van der Waals surface area (Å²) in [6.45, 7) is 16.9. The van der Waals surface area contributed by atoms with Crippen LogP contribution >= 0.6 is 0 Å². The summed E-state index contributed by atoms with van der Waals surface area (Å²) in [5, 5.41) is 9.18. The molecular weight excluding hydrogens is 372 g/mol. The Morgan fingerprint density at radius 3 is 2.00 bits per heavy atom. The molecule has 29 heavy (non-hydrogen) atoms. The van der Waals surface area contributed by atoms with E-state index in [0.717, 1.165) is 6.42 Å². The average molecular weight is 409 g/mol. The van der Waals surface area contributed by atoms with Crippen molar-refractivity contribution in [2.75, 3.05) is 0 Å². The summed E-state index contributed by atoms with van der Waals surface area (Å²) in [5.74, 6) is -0.863. The van der Waals surface area contributed by atoms with Crippen LogP contribution in [0.25, 0.3) is 0 Å². The Morgan fingerprint density at radius 2 is 1.48 bits per heavy atom. The van der Waals surface area contributed by atoms with Crippen LogP contribution in [0.4, 0.5) is 0 Å². The Bertz CT molecular complexity index is 901. The zero-order chi connectivity index (χ0) is 21.6. The molecule has 156 valence electrons. The van der Waals surface area contributed by atoms with E-state index >= 15 is 0 Å². The first-order valence-electron chi connectivity index (χ1n) is 10.8. The number of rotatable bonds is 5. The third-order valence-electron chi connectivity index (χ3n) is 6.97. The van der Waals surface area contributed by atoms with Gasteiger partial charge in [-0.3, -0.25) is 0 Å². The minimum absolute atomic E-state index is 0.216. The molecule has 1 N–H and O–H groups in total. The first-order valence-corrected chi connectivity index (χ1v) is 14.4. The Morgan fingerprint density at radius 1 is 0.931 bits per heavy atom. The summed E-state index contributed by atoms with van der Waals surface area (Å²) >= 11 is 0. The van der Waals surface area contributed by atoms with Crippen LogP contribution in [0.5, 0.6) is 0 Å². The molecule has 0 amide bonds. The summed E-state index contributed by atoms with van der Waals surface area (Å²) in [6, 6.07) is 14.7. The van der Waals surface area contributed by atoms with Gasteiger partial charge in [-0.15, -0.1) is 0 Å². The van der Waals surface area contributed by atoms with Gasteiger partial charge >= 0.3 is 5.97 Å². The predicted octanol–water partition coefficient (Wildman–Crippen LogP) is 6.94. The quantitative estimate of drug-likeness (QED) is 0.544. The van der Waals surface area contributed by atoms with Gasteiger partial charge in [0, 0.05) is 0 Å². The van der Waals surface area contributed by atoms with Gasteiger partial charge < -0.3 is 5.11 Å². The van der Waals surface area contributed by atoms with Gasteiger partial charge in [-0.2, -0.15) is 0 Å². The molecule has 1 atom stereocenters. The van der Waals surface area contributed by atoms with Crippen LogP contribution in [0.3, 0.4) is 0 Å². The van der Waals surface area contributed by atoms with E-state index in [-0.39, 0.29) is 10.8 Å². The van der Waals surface area contributed by atoms with Crippen LogP contribution in [0, 0.1) is 0 Å². The predicted molar refractivity (Wildman–Crippen MR) is 125 cm³/mol. The number of aromatic carboxylic acids is 1. The third-order valence-corrected chi connectivity index (χ3v) is 9.59. The number of carbonyl (C=O) groups is 1. The fraction of sp³-hybridized carbons (Fsp3) is 0.500. The normalized spacial score (nSPS) is 18.7. The fourth-order valence-corrected chi connectivity index (χ4v) is 6.79. The molecule has 0 heterocycles. The summed E-state index contributed by atoms with van der Waals surface area (Å²) < 4.78 is 0. The molecule has 0 saturated carbocycles. The molecule has 2 aromatic rings. The molecule has 1 aliphatic rings. The molecular formula is C26H36O2Si. The molecule has 3 rings (SSSR count). The van der Waals surface area contributed by atoms with E-state index in [1.54, 1.807) is 12.1 Å². The Kier molecular flexibility index (Phi) is 5.59. The lowest BCUT2D eigenvalue weighted by atomic mass is 9.63. The first kappa shape index (κ1) is 21.8. The zero-order valence-corrected chi connectivity index (χ0v) is 20.1. The topological polar surface area (TPSA) is 37.3 Å². The van der Waals surface area contributed by atoms with Crippen LogP contribution in [0.1, 0.15) is 78.7 Å². The number of fused-ring (bicyclic) bond motifs is 1. The number of benzene rings is 2. The SMILES string of the molecule is CC1(C)CCC(C)(C)c2cc(C(Cc3ccc(C(=O)O)cc3)[Si](C)(C)C)ccc21. The molecule has 2 nitrogen and oxygen atoms in total. The Hall–Kier alpha value is -1.87. The Labute approximate surface area is 177 Å². The van der Waals surface area contributed by atoms with Crippen molar-refractivity contribution in [3.8, 4) is 0 Å². The number of hydrogen-bond donors (Lipinski definition) is 1. The molecule has 0 saturated heterocycles. The lowest BCUT2D eigenvalue weighted by molar-refractivity contribution is 0.0697. The second kappa shape index (κ2) is 7.43. The van der Waals surface area contributed by atoms with Crippen molar-refractivity contribution in [2.24, 2.45) is 0 Å². The molecule has 1 aliphatic carbocycles. The van der Waals surface area contributed by atoms with E-state index < -0.39 is 14.0 Å². The third kappa shape index (κ3) is 4.50. The van der Waals surface area contributed by atoms with E-state index in [4.69, 9.17) is 0 Å². The van der Waals surface area contributed by atoms with E-state index in [9.17, 15) is 9.90 Å². The highest BCUT2D eigenvalue weighted by molar-refractivity contribution is 6.77. The van der Waals surface area contributed by atoms with Gasteiger partial charge in [-0.05, 0) is 70.0 Å². The van der Waals surface area contributed by atoms with E-state index in [1.165, 1.54) is 35.1 Å². The summed E-state index contributed by atoms with van der Waals surface area (Å²) in [6.07, 6.45) is 3.43. The van der Waals surface area contributed by atoms with Gasteiger partial charge in [0.25, 0.3) is 0 Å². The number of carboxylic acids is 1. The van der Waals surface area contributed by atoms with Crippen molar-refractivity contribution < 1.29 is 9.90 Å². The molecule has 3 heteroatoms. The minimum Gasteiger partial charge on any atom is -0.478 e. The number of carboxylic acid groups (broad SMARTS) is 1. The van der Waals surface area contributed by atoms with Crippen molar-refractivity contribution in [1.82, 2.24) is 0 Å².